The van der Waals surface area contributed by atoms with Crippen LogP contribution in [0.4, 0.5) is 0 Å². The molecule has 0 aliphatic heterocycles. The molecule has 0 amide bonds. The zero-order valence-corrected chi connectivity index (χ0v) is 18.2. The minimum absolute atomic E-state index is 0.820. The summed E-state index contributed by atoms with van der Waals surface area (Å²) < 4.78 is 0. The molecule has 0 saturated carbocycles. The zero-order chi connectivity index (χ0) is 17.2. The first-order valence-corrected chi connectivity index (χ1v) is 14.1. The summed E-state index contributed by atoms with van der Waals surface area (Å²) in [5.41, 5.74) is 0. The van der Waals surface area contributed by atoms with Gasteiger partial charge in [0.15, 0.2) is 0 Å². The Kier molecular flexibility index (Phi) is 17.6. The Balaban J connectivity index is 3.25. The van der Waals surface area contributed by atoms with Crippen LogP contribution < -0.4 is 0 Å². The van der Waals surface area contributed by atoms with Crippen LogP contribution in [0.5, 0.6) is 0 Å². The Hall–Kier alpha value is 0.430. The third-order valence-electron chi connectivity index (χ3n) is 6.31. The van der Waals surface area contributed by atoms with Gasteiger partial charge >= 0.3 is 123 Å². The third-order valence-corrected chi connectivity index (χ3v) is 12.2. The second-order valence-corrected chi connectivity index (χ2v) is 13.5. The van der Waals surface area contributed by atoms with Crippen LogP contribution >= 0.6 is 7.26 Å². The van der Waals surface area contributed by atoms with E-state index in [4.69, 9.17) is 0 Å². The van der Waals surface area contributed by atoms with Gasteiger partial charge in [0.25, 0.3) is 0 Å². The number of unbranched alkanes of at least 4 members (excludes halogenated alkanes) is 13. The van der Waals surface area contributed by atoms with Crippen LogP contribution in [0.1, 0.15) is 118 Å². The number of hydrogen-bond acceptors (Lipinski definition) is 0. The molecule has 0 aromatic carbocycles. The Morgan fingerprint density at radius 1 is 0.391 bits per heavy atom. The molecule has 0 aliphatic rings. The molecule has 0 aromatic rings. The van der Waals surface area contributed by atoms with Crippen molar-refractivity contribution >= 4 is 7.26 Å². The van der Waals surface area contributed by atoms with Crippen molar-refractivity contribution in [1.29, 1.82) is 0 Å². The predicted molar refractivity (Wildman–Crippen MR) is 115 cm³/mol. The first-order valence-electron chi connectivity index (χ1n) is 11.2. The standard InChI is InChI=1S/C22H49P/c1-5-9-10-11-12-13-14-15-16-17-18-19-20-21-22-23(6-2,7-3)8-4/h23H,5-22H2,1-4H3. The first kappa shape index (κ1) is 23.4. The minimum atomic E-state index is -0.820. The molecule has 0 bridgehead atoms. The van der Waals surface area contributed by atoms with Gasteiger partial charge < -0.3 is 0 Å². The zero-order valence-electron chi connectivity index (χ0n) is 17.2. The topological polar surface area (TPSA) is 0 Å². The summed E-state index contributed by atoms with van der Waals surface area (Å²) in [5.74, 6) is 0. The molecule has 142 valence electrons. The first-order chi connectivity index (χ1) is 11.2. The van der Waals surface area contributed by atoms with Crippen LogP contribution in [0.25, 0.3) is 0 Å². The van der Waals surface area contributed by atoms with Gasteiger partial charge in [0, 0.05) is 0 Å². The molecule has 0 N–H and O–H groups in total. The third kappa shape index (κ3) is 13.4. The van der Waals surface area contributed by atoms with E-state index in [0.717, 1.165) is 0 Å². The van der Waals surface area contributed by atoms with Gasteiger partial charge in [-0.15, -0.1) is 0 Å². The van der Waals surface area contributed by atoms with Crippen molar-refractivity contribution in [2.24, 2.45) is 0 Å². The summed E-state index contributed by atoms with van der Waals surface area (Å²) in [6.45, 7) is 9.64. The van der Waals surface area contributed by atoms with Crippen LogP contribution in [-0.2, 0) is 0 Å². The van der Waals surface area contributed by atoms with Crippen molar-refractivity contribution in [2.75, 3.05) is 24.6 Å². The molecule has 0 radical (unpaired) electrons. The fourth-order valence-electron chi connectivity index (χ4n) is 3.97. The van der Waals surface area contributed by atoms with Gasteiger partial charge in [-0.2, -0.15) is 0 Å². The molecule has 0 aromatic heterocycles. The second kappa shape index (κ2) is 17.3. The van der Waals surface area contributed by atoms with Crippen LogP contribution in [-0.4, -0.2) is 24.6 Å². The van der Waals surface area contributed by atoms with Crippen molar-refractivity contribution in [3.05, 3.63) is 0 Å². The van der Waals surface area contributed by atoms with E-state index in [1.54, 1.807) is 6.16 Å². The summed E-state index contributed by atoms with van der Waals surface area (Å²) in [6.07, 6.45) is 26.9. The molecule has 0 unspecified atom stereocenters. The van der Waals surface area contributed by atoms with Gasteiger partial charge in [0.05, 0.1) is 0 Å². The van der Waals surface area contributed by atoms with E-state index >= 15 is 0 Å². The monoisotopic (exact) mass is 344 g/mol. The van der Waals surface area contributed by atoms with Gasteiger partial charge in [0.2, 0.25) is 0 Å². The van der Waals surface area contributed by atoms with Gasteiger partial charge in [-0.3, -0.25) is 0 Å². The fraction of sp³-hybridized carbons (Fsp3) is 1.00. The number of hydrogen-bond donors (Lipinski definition) is 0. The van der Waals surface area contributed by atoms with E-state index in [9.17, 15) is 0 Å². The quantitative estimate of drug-likeness (QED) is 0.173. The summed E-state index contributed by atoms with van der Waals surface area (Å²) in [7, 11) is -0.820. The summed E-state index contributed by atoms with van der Waals surface area (Å²) in [5, 5.41) is 0. The van der Waals surface area contributed by atoms with Gasteiger partial charge in [-0.05, 0) is 0 Å². The van der Waals surface area contributed by atoms with Crippen molar-refractivity contribution in [3.8, 4) is 0 Å². The van der Waals surface area contributed by atoms with Gasteiger partial charge in [-0.25, -0.2) is 0 Å². The van der Waals surface area contributed by atoms with Crippen molar-refractivity contribution in [2.45, 2.75) is 118 Å². The van der Waals surface area contributed by atoms with E-state index in [2.05, 4.69) is 27.7 Å². The van der Waals surface area contributed by atoms with Crippen molar-refractivity contribution in [3.63, 3.8) is 0 Å². The molecular weight excluding hydrogens is 295 g/mol. The second-order valence-electron chi connectivity index (χ2n) is 7.91. The fourth-order valence-corrected chi connectivity index (χ4v) is 7.54. The molecule has 23 heavy (non-hydrogen) atoms. The van der Waals surface area contributed by atoms with Crippen molar-refractivity contribution in [1.82, 2.24) is 0 Å². The van der Waals surface area contributed by atoms with Crippen LogP contribution in [0.2, 0.25) is 0 Å². The van der Waals surface area contributed by atoms with Gasteiger partial charge in [-0.1, -0.05) is 26.2 Å². The Morgan fingerprint density at radius 3 is 1.00 bits per heavy atom. The molecule has 1 heteroatoms. The summed E-state index contributed by atoms with van der Waals surface area (Å²) in [6, 6.07) is 0. The maximum atomic E-state index is 2.45. The molecule has 0 fully saturated rings. The normalized spacial score (nSPS) is 12.7. The Morgan fingerprint density at radius 2 is 0.696 bits per heavy atom. The molecular formula is C22H49P. The van der Waals surface area contributed by atoms with Crippen molar-refractivity contribution < 1.29 is 0 Å². The van der Waals surface area contributed by atoms with E-state index in [1.165, 1.54) is 108 Å². The maximum absolute atomic E-state index is 2.45. The number of rotatable bonds is 18. The average Bonchev–Trinajstić information content (AvgIpc) is 2.59. The molecule has 0 nitrogen and oxygen atoms in total. The van der Waals surface area contributed by atoms with E-state index in [0.29, 0.717) is 0 Å². The molecule has 0 heterocycles. The van der Waals surface area contributed by atoms with E-state index < -0.39 is 7.26 Å². The molecule has 0 rings (SSSR count). The SMILES string of the molecule is CCCCCCCCCCCCCCCC[PH](CC)(CC)CC. The van der Waals surface area contributed by atoms with Gasteiger partial charge in [0.1, 0.15) is 0 Å². The predicted octanol–water partition coefficient (Wildman–Crippen LogP) is 8.28. The average molecular weight is 345 g/mol. The van der Waals surface area contributed by atoms with Crippen LogP contribution in [0, 0.1) is 0 Å². The Bertz CT molecular complexity index is 212. The van der Waals surface area contributed by atoms with Crippen LogP contribution in [0.15, 0.2) is 0 Å². The Labute approximate surface area is 149 Å². The van der Waals surface area contributed by atoms with Crippen LogP contribution in [0.3, 0.4) is 0 Å². The van der Waals surface area contributed by atoms with E-state index in [1.807, 2.05) is 0 Å². The van der Waals surface area contributed by atoms with E-state index in [-0.39, 0.29) is 0 Å². The molecule has 0 atom stereocenters. The summed E-state index contributed by atoms with van der Waals surface area (Å²) in [4.78, 5) is 0. The molecule has 0 saturated heterocycles. The molecule has 0 spiro atoms. The summed E-state index contributed by atoms with van der Waals surface area (Å²) >= 11 is 0. The molecule has 0 aliphatic carbocycles.